The van der Waals surface area contributed by atoms with Crippen molar-refractivity contribution in [1.29, 1.82) is 0 Å². The highest BCUT2D eigenvalue weighted by atomic mass is 32.1. The molecule has 164 valence electrons. The van der Waals surface area contributed by atoms with Crippen LogP contribution in [0.5, 0.6) is 0 Å². The fourth-order valence-electron chi connectivity index (χ4n) is 3.04. The molecule has 0 saturated carbocycles. The van der Waals surface area contributed by atoms with Crippen LogP contribution in [0.2, 0.25) is 0 Å². The lowest BCUT2D eigenvalue weighted by molar-refractivity contribution is 0.0686. The number of carbonyl (C=O) groups is 2. The summed E-state index contributed by atoms with van der Waals surface area (Å²) >= 11 is 1.50. The van der Waals surface area contributed by atoms with Crippen molar-refractivity contribution in [1.82, 2.24) is 15.0 Å². The van der Waals surface area contributed by atoms with Crippen LogP contribution in [0.1, 0.15) is 43.6 Å². The number of nitrogens with zero attached hydrogens (tertiary/aromatic N) is 3. The molecule has 4 rings (SSSR count). The van der Waals surface area contributed by atoms with Gasteiger partial charge in [-0.1, -0.05) is 11.8 Å². The van der Waals surface area contributed by atoms with Crippen LogP contribution in [0.3, 0.4) is 0 Å². The minimum Gasteiger partial charge on any atom is -0.478 e. The zero-order valence-corrected chi connectivity index (χ0v) is 18.6. The number of aromatic nitrogens is 3. The molecule has 0 aliphatic rings. The van der Waals surface area contributed by atoms with Crippen LogP contribution in [0, 0.1) is 23.7 Å². The lowest BCUT2D eigenvalue weighted by Crippen LogP contribution is -2.02. The second kappa shape index (κ2) is 9.78. The van der Waals surface area contributed by atoms with Crippen LogP contribution in [0.15, 0.2) is 60.2 Å². The molecule has 0 saturated heterocycles. The Morgan fingerprint density at radius 1 is 0.794 bits per heavy atom. The van der Waals surface area contributed by atoms with E-state index in [4.69, 9.17) is 0 Å². The molecule has 34 heavy (non-hydrogen) atoms. The van der Waals surface area contributed by atoms with Crippen LogP contribution >= 0.6 is 11.3 Å². The molecule has 8 heteroatoms. The summed E-state index contributed by atoms with van der Waals surface area (Å²) in [6.07, 6.45) is 2.91. The van der Waals surface area contributed by atoms with E-state index in [0.717, 1.165) is 10.4 Å². The predicted octanol–water partition coefficient (Wildman–Crippen LogP) is 4.43. The molecule has 4 heterocycles. The van der Waals surface area contributed by atoms with Gasteiger partial charge in [0.15, 0.2) is 0 Å². The summed E-state index contributed by atoms with van der Waals surface area (Å²) in [6, 6.07) is 10.8. The van der Waals surface area contributed by atoms with E-state index in [1.807, 2.05) is 11.4 Å². The van der Waals surface area contributed by atoms with Crippen molar-refractivity contribution in [3.63, 3.8) is 0 Å². The number of hydrogen-bond acceptors (Lipinski definition) is 6. The molecule has 2 N–H and O–H groups in total. The van der Waals surface area contributed by atoms with Crippen molar-refractivity contribution in [3.05, 3.63) is 87.4 Å². The highest BCUT2D eigenvalue weighted by Gasteiger charge is 2.14. The van der Waals surface area contributed by atoms with E-state index in [1.165, 1.54) is 41.8 Å². The lowest BCUT2D eigenvalue weighted by Gasteiger charge is -2.07. The van der Waals surface area contributed by atoms with Crippen LogP contribution in [0.4, 0.5) is 0 Å². The number of thiophene rings is 1. The molecule has 0 fully saturated rings. The summed E-state index contributed by atoms with van der Waals surface area (Å²) < 4.78 is 0. The highest BCUT2D eigenvalue weighted by Crippen LogP contribution is 2.24. The highest BCUT2D eigenvalue weighted by molar-refractivity contribution is 7.10. The van der Waals surface area contributed by atoms with E-state index in [2.05, 4.69) is 38.6 Å². The number of pyridine rings is 3. The molecule has 0 unspecified atom stereocenters. The average Bonchev–Trinajstić information content (AvgIpc) is 3.30. The molecule has 0 bridgehead atoms. The quantitative estimate of drug-likeness (QED) is 0.429. The Labute approximate surface area is 198 Å². The van der Waals surface area contributed by atoms with Gasteiger partial charge in [0.25, 0.3) is 0 Å². The molecular weight excluding hydrogens is 450 g/mol. The Kier molecular flexibility index (Phi) is 6.45. The lowest BCUT2D eigenvalue weighted by atomic mass is 10.1. The zero-order chi connectivity index (χ0) is 24.1. The fourth-order valence-corrected chi connectivity index (χ4v) is 3.73. The van der Waals surface area contributed by atoms with E-state index >= 15 is 0 Å². The Morgan fingerprint density at radius 3 is 2.12 bits per heavy atom. The van der Waals surface area contributed by atoms with E-state index in [-0.39, 0.29) is 22.5 Å². The Balaban J connectivity index is 1.76. The standard InChI is InChI=1S/C26H15N3O4S/c1-2-3-17-8-11-34-24(17)5-4-16-6-9-27-20(12-16)22-14-19(26(32)33)15-23(29-22)21-13-18(25(30)31)7-10-28-21/h6-15H,1H3,(H,30,31)(H,32,33). The van der Waals surface area contributed by atoms with Crippen molar-refractivity contribution in [2.75, 3.05) is 0 Å². The number of aromatic carboxylic acids is 2. The average molecular weight is 465 g/mol. The van der Waals surface area contributed by atoms with Gasteiger partial charge < -0.3 is 10.2 Å². The summed E-state index contributed by atoms with van der Waals surface area (Å²) in [5.74, 6) is 9.81. The van der Waals surface area contributed by atoms with Crippen LogP contribution in [-0.4, -0.2) is 37.1 Å². The minimum atomic E-state index is -1.16. The van der Waals surface area contributed by atoms with E-state index in [0.29, 0.717) is 17.0 Å². The van der Waals surface area contributed by atoms with Gasteiger partial charge >= 0.3 is 11.9 Å². The topological polar surface area (TPSA) is 113 Å². The first-order valence-electron chi connectivity index (χ1n) is 9.88. The molecular formula is C26H15N3O4S. The molecule has 4 aromatic rings. The van der Waals surface area contributed by atoms with Gasteiger partial charge in [0.1, 0.15) is 0 Å². The van der Waals surface area contributed by atoms with Crippen LogP contribution in [-0.2, 0) is 0 Å². The van der Waals surface area contributed by atoms with Crippen LogP contribution < -0.4 is 0 Å². The third kappa shape index (κ3) is 4.99. The normalized spacial score (nSPS) is 9.91. The first-order chi connectivity index (χ1) is 16.4. The van der Waals surface area contributed by atoms with Gasteiger partial charge in [0.05, 0.1) is 44.3 Å². The van der Waals surface area contributed by atoms with Crippen molar-refractivity contribution in [2.45, 2.75) is 6.92 Å². The second-order valence-corrected chi connectivity index (χ2v) is 7.80. The second-order valence-electron chi connectivity index (χ2n) is 6.88. The van der Waals surface area contributed by atoms with Gasteiger partial charge in [-0.2, -0.15) is 0 Å². The third-order valence-corrected chi connectivity index (χ3v) is 5.44. The van der Waals surface area contributed by atoms with Gasteiger partial charge in [-0.05, 0) is 60.7 Å². The molecule has 4 aromatic heterocycles. The maximum Gasteiger partial charge on any atom is 0.335 e. The number of carboxylic acids is 2. The van der Waals surface area contributed by atoms with E-state index < -0.39 is 11.9 Å². The van der Waals surface area contributed by atoms with Crippen molar-refractivity contribution in [3.8, 4) is 46.5 Å². The van der Waals surface area contributed by atoms with E-state index in [1.54, 1.807) is 25.3 Å². The summed E-state index contributed by atoms with van der Waals surface area (Å²) in [7, 11) is 0. The third-order valence-electron chi connectivity index (χ3n) is 4.61. The molecule has 0 atom stereocenters. The molecule has 0 aliphatic heterocycles. The predicted molar refractivity (Wildman–Crippen MR) is 127 cm³/mol. The monoisotopic (exact) mass is 465 g/mol. The van der Waals surface area contributed by atoms with Gasteiger partial charge in [-0.25, -0.2) is 14.6 Å². The summed E-state index contributed by atoms with van der Waals surface area (Å²) in [6.45, 7) is 1.77. The molecule has 0 radical (unpaired) electrons. The molecule has 0 spiro atoms. The fraction of sp³-hybridized carbons (Fsp3) is 0.0385. The molecule has 0 aromatic carbocycles. The number of rotatable bonds is 4. The number of carboxylic acid groups (broad SMARTS) is 2. The van der Waals surface area contributed by atoms with Crippen molar-refractivity contribution in [2.24, 2.45) is 0 Å². The maximum atomic E-state index is 11.7. The Morgan fingerprint density at radius 2 is 1.44 bits per heavy atom. The van der Waals surface area contributed by atoms with Gasteiger partial charge in [0, 0.05) is 18.0 Å². The summed E-state index contributed by atoms with van der Waals surface area (Å²) in [5.41, 5.74) is 2.71. The zero-order valence-electron chi connectivity index (χ0n) is 17.7. The van der Waals surface area contributed by atoms with Crippen LogP contribution in [0.25, 0.3) is 22.8 Å². The van der Waals surface area contributed by atoms with Crippen molar-refractivity contribution < 1.29 is 19.8 Å². The first kappa shape index (κ1) is 22.4. The Bertz CT molecular complexity index is 1550. The first-order valence-corrected chi connectivity index (χ1v) is 10.8. The minimum absolute atomic E-state index is 0.0187. The summed E-state index contributed by atoms with van der Waals surface area (Å²) in [5, 5.41) is 20.8. The SMILES string of the molecule is CC#Cc1ccsc1C#Cc1ccnc(-c2cc(C(=O)O)cc(-c3cc(C(=O)O)ccn3)n2)c1. The molecule has 0 amide bonds. The summed E-state index contributed by atoms with van der Waals surface area (Å²) in [4.78, 5) is 36.9. The molecule has 7 nitrogen and oxygen atoms in total. The van der Waals surface area contributed by atoms with E-state index in [9.17, 15) is 19.8 Å². The molecule has 0 aliphatic carbocycles. The largest absolute Gasteiger partial charge is 0.478 e. The van der Waals surface area contributed by atoms with Crippen molar-refractivity contribution >= 4 is 23.3 Å². The van der Waals surface area contributed by atoms with Gasteiger partial charge in [-0.3, -0.25) is 9.97 Å². The maximum absolute atomic E-state index is 11.7. The smallest absolute Gasteiger partial charge is 0.335 e. The van der Waals surface area contributed by atoms with Gasteiger partial charge in [0.2, 0.25) is 0 Å². The number of hydrogen-bond donors (Lipinski definition) is 2. The van der Waals surface area contributed by atoms with Gasteiger partial charge in [-0.15, -0.1) is 17.3 Å². The Hall–Kier alpha value is -4.79.